The number of hydrogen-bond donors (Lipinski definition) is 0. The van der Waals surface area contributed by atoms with Crippen LogP contribution in [0.1, 0.15) is 45.0 Å². The molecule has 1 aromatic rings. The summed E-state index contributed by atoms with van der Waals surface area (Å²) in [6.45, 7) is 7.35. The summed E-state index contributed by atoms with van der Waals surface area (Å²) in [7, 11) is 0. The number of esters is 1. The third kappa shape index (κ3) is 5.00. The van der Waals surface area contributed by atoms with Crippen molar-refractivity contribution in [3.05, 3.63) is 33.9 Å². The van der Waals surface area contributed by atoms with E-state index >= 15 is 0 Å². The van der Waals surface area contributed by atoms with Gasteiger partial charge in [0.25, 0.3) is 5.69 Å². The van der Waals surface area contributed by atoms with Crippen molar-refractivity contribution < 1.29 is 28.8 Å². The first-order chi connectivity index (χ1) is 11.5. The van der Waals surface area contributed by atoms with Crippen LogP contribution in [-0.4, -0.2) is 35.1 Å². The van der Waals surface area contributed by atoms with Crippen LogP contribution in [-0.2, 0) is 14.3 Å². The maximum absolute atomic E-state index is 12.4. The fourth-order valence-corrected chi connectivity index (χ4v) is 1.97. The van der Waals surface area contributed by atoms with Crippen molar-refractivity contribution in [2.24, 2.45) is 0 Å². The van der Waals surface area contributed by atoms with Crippen molar-refractivity contribution in [2.45, 2.75) is 40.2 Å². The lowest BCUT2D eigenvalue weighted by Crippen LogP contribution is -2.41. The molecule has 1 aromatic carbocycles. The monoisotopic (exact) mass is 352 g/mol. The first-order valence-electron chi connectivity index (χ1n) is 7.47. The minimum absolute atomic E-state index is 0.0213. The molecule has 0 N–H and O–H groups in total. The Hall–Kier alpha value is -2.97. The summed E-state index contributed by atoms with van der Waals surface area (Å²) in [5.74, 6) is -1.73. The van der Waals surface area contributed by atoms with Gasteiger partial charge >= 0.3 is 12.1 Å². The largest absolute Gasteiger partial charge is 0.462 e. The molecule has 1 rings (SSSR count). The molecule has 136 valence electrons. The maximum atomic E-state index is 12.4. The summed E-state index contributed by atoms with van der Waals surface area (Å²) in [6.07, 6.45) is -1.13. The molecular formula is C16H20N2O7. The molecule has 0 fully saturated rings. The number of amides is 2. The van der Waals surface area contributed by atoms with E-state index in [4.69, 9.17) is 9.47 Å². The van der Waals surface area contributed by atoms with Crippen LogP contribution in [0.3, 0.4) is 0 Å². The smallest absolute Gasteiger partial charge is 0.421 e. The Bertz CT molecular complexity index is 707. The molecule has 0 spiro atoms. The van der Waals surface area contributed by atoms with Crippen molar-refractivity contribution in [3.8, 4) is 0 Å². The van der Waals surface area contributed by atoms with Crippen LogP contribution in [0, 0.1) is 10.1 Å². The predicted molar refractivity (Wildman–Crippen MR) is 88.4 cm³/mol. The molecule has 0 aliphatic carbocycles. The Morgan fingerprint density at radius 2 is 1.84 bits per heavy atom. The van der Waals surface area contributed by atoms with Crippen molar-refractivity contribution >= 4 is 29.3 Å². The van der Waals surface area contributed by atoms with Gasteiger partial charge in [-0.15, -0.1) is 0 Å². The molecule has 2 amide bonds. The van der Waals surface area contributed by atoms with Gasteiger partial charge in [-0.3, -0.25) is 14.9 Å². The topological polar surface area (TPSA) is 116 Å². The van der Waals surface area contributed by atoms with E-state index in [0.29, 0.717) is 4.90 Å². The number of imide groups is 1. The Morgan fingerprint density at radius 3 is 2.28 bits per heavy atom. The predicted octanol–water partition coefficient (Wildman–Crippen LogP) is 3.06. The van der Waals surface area contributed by atoms with Gasteiger partial charge in [0.2, 0.25) is 5.91 Å². The molecule has 0 saturated heterocycles. The average molecular weight is 352 g/mol. The van der Waals surface area contributed by atoms with Gasteiger partial charge in [0.05, 0.1) is 17.1 Å². The summed E-state index contributed by atoms with van der Waals surface area (Å²) < 4.78 is 10.00. The number of anilines is 1. The van der Waals surface area contributed by atoms with Crippen molar-refractivity contribution in [2.75, 3.05) is 11.5 Å². The van der Waals surface area contributed by atoms with E-state index in [1.807, 2.05) is 0 Å². The highest BCUT2D eigenvalue weighted by Gasteiger charge is 2.35. The molecule has 0 unspecified atom stereocenters. The SMILES string of the molecule is CCOC(=O)c1cccc([N+](=O)[O-])c1N(C(C)=O)C(=O)OC(C)(C)C. The number of benzene rings is 1. The van der Waals surface area contributed by atoms with Crippen LogP contribution in [0.5, 0.6) is 0 Å². The number of nitro groups is 1. The van der Waals surface area contributed by atoms with Gasteiger partial charge in [-0.1, -0.05) is 6.07 Å². The summed E-state index contributed by atoms with van der Waals surface area (Å²) in [5.41, 5.74) is -2.30. The summed E-state index contributed by atoms with van der Waals surface area (Å²) in [6, 6.07) is 3.58. The number of carbonyl (C=O) groups excluding carboxylic acids is 3. The number of hydrogen-bond acceptors (Lipinski definition) is 7. The van der Waals surface area contributed by atoms with Gasteiger partial charge in [-0.05, 0) is 33.8 Å². The van der Waals surface area contributed by atoms with E-state index in [-0.39, 0.29) is 12.2 Å². The first kappa shape index (κ1) is 20.1. The normalized spacial score (nSPS) is 10.8. The molecule has 0 bridgehead atoms. The second-order valence-corrected chi connectivity index (χ2v) is 5.99. The fraction of sp³-hybridized carbons (Fsp3) is 0.438. The van der Waals surface area contributed by atoms with Gasteiger partial charge in [-0.25, -0.2) is 14.5 Å². The number of rotatable bonds is 4. The van der Waals surface area contributed by atoms with Gasteiger partial charge in [0.15, 0.2) is 0 Å². The van der Waals surface area contributed by atoms with Gasteiger partial charge in [-0.2, -0.15) is 0 Å². The zero-order valence-electron chi connectivity index (χ0n) is 14.7. The second-order valence-electron chi connectivity index (χ2n) is 5.99. The van der Waals surface area contributed by atoms with Crippen LogP contribution in [0.2, 0.25) is 0 Å². The van der Waals surface area contributed by atoms with E-state index in [2.05, 4.69) is 0 Å². The number of nitro benzene ring substituents is 1. The van der Waals surface area contributed by atoms with Crippen molar-refractivity contribution in [1.29, 1.82) is 0 Å². The molecule has 0 aliphatic rings. The van der Waals surface area contributed by atoms with Gasteiger partial charge in [0.1, 0.15) is 11.3 Å². The lowest BCUT2D eigenvalue weighted by Gasteiger charge is -2.26. The lowest BCUT2D eigenvalue weighted by atomic mass is 10.1. The summed E-state index contributed by atoms with van der Waals surface area (Å²) >= 11 is 0. The maximum Gasteiger partial charge on any atom is 0.421 e. The molecule has 0 saturated carbocycles. The van der Waals surface area contributed by atoms with E-state index in [1.165, 1.54) is 12.1 Å². The lowest BCUT2D eigenvalue weighted by molar-refractivity contribution is -0.384. The molecule has 9 nitrogen and oxygen atoms in total. The Labute approximate surface area is 144 Å². The molecule has 0 aliphatic heterocycles. The molecule has 9 heteroatoms. The van der Waals surface area contributed by atoms with E-state index in [0.717, 1.165) is 13.0 Å². The minimum atomic E-state index is -1.13. The third-order valence-electron chi connectivity index (χ3n) is 2.82. The highest BCUT2D eigenvalue weighted by atomic mass is 16.6. The zero-order chi connectivity index (χ0) is 19.4. The molecular weight excluding hydrogens is 332 g/mol. The van der Waals surface area contributed by atoms with Crippen LogP contribution < -0.4 is 4.90 Å². The Kier molecular flexibility index (Phi) is 6.21. The van der Waals surface area contributed by atoms with Crippen LogP contribution in [0.25, 0.3) is 0 Å². The Morgan fingerprint density at radius 1 is 1.24 bits per heavy atom. The standard InChI is InChI=1S/C16H20N2O7/c1-6-24-14(20)11-8-7-9-12(18(22)23)13(11)17(10(2)19)15(21)25-16(3,4)5/h7-9H,6H2,1-5H3. The summed E-state index contributed by atoms with van der Waals surface area (Å²) in [5, 5.41) is 11.4. The van der Waals surface area contributed by atoms with Crippen LogP contribution in [0.15, 0.2) is 18.2 Å². The minimum Gasteiger partial charge on any atom is -0.462 e. The zero-order valence-corrected chi connectivity index (χ0v) is 14.7. The molecule has 25 heavy (non-hydrogen) atoms. The van der Waals surface area contributed by atoms with E-state index in [9.17, 15) is 24.5 Å². The number of para-hydroxylation sites is 1. The van der Waals surface area contributed by atoms with Gasteiger partial charge < -0.3 is 9.47 Å². The van der Waals surface area contributed by atoms with Crippen LogP contribution >= 0.6 is 0 Å². The van der Waals surface area contributed by atoms with Crippen LogP contribution in [0.4, 0.5) is 16.2 Å². The Balaban J connectivity index is 3.61. The molecule has 0 radical (unpaired) electrons. The van der Waals surface area contributed by atoms with Crippen molar-refractivity contribution in [3.63, 3.8) is 0 Å². The highest BCUT2D eigenvalue weighted by Crippen LogP contribution is 2.34. The second kappa shape index (κ2) is 7.73. The van der Waals surface area contributed by atoms with E-state index < -0.39 is 39.9 Å². The van der Waals surface area contributed by atoms with E-state index in [1.54, 1.807) is 27.7 Å². The number of carbonyl (C=O) groups is 3. The number of nitrogens with zero attached hydrogens (tertiary/aromatic N) is 2. The van der Waals surface area contributed by atoms with Crippen molar-refractivity contribution in [1.82, 2.24) is 0 Å². The average Bonchev–Trinajstić information content (AvgIpc) is 2.45. The molecule has 0 aromatic heterocycles. The van der Waals surface area contributed by atoms with Gasteiger partial charge in [0, 0.05) is 13.0 Å². The number of ether oxygens (including phenoxy) is 2. The quantitative estimate of drug-likeness (QED) is 0.464. The molecule has 0 atom stereocenters. The molecule has 0 heterocycles. The highest BCUT2D eigenvalue weighted by molar-refractivity contribution is 6.16. The first-order valence-corrected chi connectivity index (χ1v) is 7.47. The summed E-state index contributed by atoms with van der Waals surface area (Å²) in [4.78, 5) is 47.6. The third-order valence-corrected chi connectivity index (χ3v) is 2.82. The fourth-order valence-electron chi connectivity index (χ4n) is 1.97.